The smallest absolute Gasteiger partial charge is 0.316 e. The highest BCUT2D eigenvalue weighted by Crippen LogP contribution is 2.16. The molecule has 0 aromatic rings. The number of nitrogens with zero attached hydrogens (tertiary/aromatic N) is 1. The first kappa shape index (κ1) is 8.62. The van der Waals surface area contributed by atoms with Gasteiger partial charge in [0, 0.05) is 0 Å². The normalized spacial score (nSPS) is 23.4. The third-order valence-electron chi connectivity index (χ3n) is 1.57. The van der Waals surface area contributed by atoms with Crippen molar-refractivity contribution in [2.24, 2.45) is 11.8 Å². The fourth-order valence-corrected chi connectivity index (χ4v) is 0.961. The van der Waals surface area contributed by atoms with Crippen LogP contribution in [0.3, 0.4) is 0 Å². The molecule has 0 radical (unpaired) electrons. The number of amides is 2. The lowest BCUT2D eigenvalue weighted by atomic mass is 10.1. The summed E-state index contributed by atoms with van der Waals surface area (Å²) in [5.74, 6) is 0.753. The lowest BCUT2D eigenvalue weighted by Crippen LogP contribution is -2.47. The predicted molar refractivity (Wildman–Crippen MR) is 34.9 cm³/mol. The summed E-state index contributed by atoms with van der Waals surface area (Å²) >= 11 is 0. The summed E-state index contributed by atoms with van der Waals surface area (Å²) in [6, 6.07) is 0. The molecule has 7 nitrogen and oxygen atoms in total. The van der Waals surface area contributed by atoms with Gasteiger partial charge in [0.25, 0.3) is 5.91 Å². The van der Waals surface area contributed by atoms with Gasteiger partial charge >= 0.3 is 5.97 Å². The van der Waals surface area contributed by atoms with Crippen LogP contribution in [0.15, 0.2) is 0 Å². The zero-order chi connectivity index (χ0) is 9.30. The van der Waals surface area contributed by atoms with Gasteiger partial charge in [-0.1, -0.05) is 0 Å². The molecule has 1 rings (SSSR count). The minimum Gasteiger partial charge on any atom is -0.481 e. The van der Waals surface area contributed by atoms with Gasteiger partial charge in [-0.25, -0.2) is 0 Å². The second kappa shape index (κ2) is 2.88. The Hall–Kier alpha value is -1.47. The zero-order valence-electron chi connectivity index (χ0n) is 5.98. The first-order valence-electron chi connectivity index (χ1n) is 3.13. The maximum Gasteiger partial charge on any atom is 0.316 e. The highest BCUT2D eigenvalue weighted by Gasteiger charge is 2.42. The Morgan fingerprint density at radius 2 is 2.25 bits per heavy atom. The van der Waals surface area contributed by atoms with Crippen LogP contribution in [0.2, 0.25) is 0 Å². The van der Waals surface area contributed by atoms with Crippen molar-refractivity contribution in [1.29, 1.82) is 0 Å². The van der Waals surface area contributed by atoms with Crippen molar-refractivity contribution in [1.82, 2.24) is 10.5 Å². The van der Waals surface area contributed by atoms with Crippen LogP contribution in [-0.4, -0.2) is 27.9 Å². The average Bonchev–Trinajstić information content (AvgIpc) is 2.27. The molecule has 0 saturated carbocycles. The number of carboxylic acid groups (broad SMARTS) is 1. The van der Waals surface area contributed by atoms with Crippen molar-refractivity contribution in [3.63, 3.8) is 0 Å². The van der Waals surface area contributed by atoms with E-state index in [4.69, 9.17) is 10.9 Å². The third-order valence-corrected chi connectivity index (χ3v) is 1.57. The molecule has 1 atom stereocenters. The van der Waals surface area contributed by atoms with Crippen LogP contribution in [0.4, 0.5) is 0 Å². The monoisotopic (exact) mass is 173 g/mol. The summed E-state index contributed by atoms with van der Waals surface area (Å²) in [4.78, 5) is 32.2. The van der Waals surface area contributed by atoms with Gasteiger partial charge in [-0.05, 0) is 0 Å². The number of rotatable bonds is 2. The molecule has 0 bridgehead atoms. The first-order valence-corrected chi connectivity index (χ1v) is 3.13. The molecule has 4 N–H and O–H groups in total. The van der Waals surface area contributed by atoms with E-state index in [0.29, 0.717) is 5.01 Å². The molecule has 2 amide bonds. The van der Waals surface area contributed by atoms with Gasteiger partial charge in [-0.2, -0.15) is 10.5 Å². The zero-order valence-corrected chi connectivity index (χ0v) is 5.98. The largest absolute Gasteiger partial charge is 0.481 e. The van der Waals surface area contributed by atoms with Gasteiger partial charge in [0.05, 0.1) is 6.42 Å². The van der Waals surface area contributed by atoms with E-state index >= 15 is 0 Å². The van der Waals surface area contributed by atoms with Gasteiger partial charge in [0.2, 0.25) is 5.91 Å². The van der Waals surface area contributed by atoms with E-state index in [1.54, 1.807) is 0 Å². The standard InChI is InChI=1S/C5H7N3O4/c6-7-8-3(9)1-2(4(8)10)5(11)12/h2,7H,1,6H2,(H,11,12). The second-order valence-corrected chi connectivity index (χ2v) is 2.29. The molecular weight excluding hydrogens is 166 g/mol. The Labute approximate surface area is 67.1 Å². The van der Waals surface area contributed by atoms with Gasteiger partial charge in [-0.3, -0.25) is 20.2 Å². The Morgan fingerprint density at radius 1 is 1.67 bits per heavy atom. The second-order valence-electron chi connectivity index (χ2n) is 2.29. The molecule has 0 aromatic heterocycles. The third kappa shape index (κ3) is 1.15. The van der Waals surface area contributed by atoms with Gasteiger partial charge < -0.3 is 5.11 Å². The SMILES string of the molecule is NNN1C(=O)CC(C(=O)O)C1=O. The molecule has 66 valence electrons. The van der Waals surface area contributed by atoms with Crippen molar-refractivity contribution < 1.29 is 19.5 Å². The molecule has 1 heterocycles. The quantitative estimate of drug-likeness (QED) is 0.189. The number of hydrogen-bond donors (Lipinski definition) is 3. The summed E-state index contributed by atoms with van der Waals surface area (Å²) in [6.07, 6.45) is -0.335. The summed E-state index contributed by atoms with van der Waals surface area (Å²) < 4.78 is 0. The summed E-state index contributed by atoms with van der Waals surface area (Å²) in [5, 5.41) is 8.95. The first-order chi connectivity index (χ1) is 5.57. The van der Waals surface area contributed by atoms with Crippen LogP contribution in [0, 0.1) is 5.92 Å². The van der Waals surface area contributed by atoms with E-state index in [0.717, 1.165) is 0 Å². The van der Waals surface area contributed by atoms with E-state index in [1.807, 2.05) is 5.53 Å². The van der Waals surface area contributed by atoms with Crippen LogP contribution < -0.4 is 11.4 Å². The fourth-order valence-electron chi connectivity index (χ4n) is 0.961. The number of carbonyl (C=O) groups excluding carboxylic acids is 2. The summed E-state index contributed by atoms with van der Waals surface area (Å²) in [6.45, 7) is 0. The van der Waals surface area contributed by atoms with Gasteiger partial charge in [0.15, 0.2) is 0 Å². The molecule has 1 aliphatic heterocycles. The molecule has 0 aliphatic carbocycles. The molecule has 1 aliphatic rings. The number of nitrogens with two attached hydrogens (primary N) is 1. The number of hydrazine groups is 2. The molecule has 1 saturated heterocycles. The van der Waals surface area contributed by atoms with Crippen LogP contribution in [0.25, 0.3) is 0 Å². The van der Waals surface area contributed by atoms with Crippen LogP contribution >= 0.6 is 0 Å². The van der Waals surface area contributed by atoms with Crippen molar-refractivity contribution >= 4 is 17.8 Å². The van der Waals surface area contributed by atoms with E-state index < -0.39 is 23.7 Å². The minimum absolute atomic E-state index is 0.335. The van der Waals surface area contributed by atoms with Crippen molar-refractivity contribution in [2.45, 2.75) is 6.42 Å². The van der Waals surface area contributed by atoms with Crippen LogP contribution in [0.5, 0.6) is 0 Å². The van der Waals surface area contributed by atoms with E-state index in [2.05, 4.69) is 0 Å². The summed E-state index contributed by atoms with van der Waals surface area (Å²) in [7, 11) is 0. The number of aliphatic carboxylic acids is 1. The highest BCUT2D eigenvalue weighted by atomic mass is 16.4. The minimum atomic E-state index is -1.31. The highest BCUT2D eigenvalue weighted by molar-refractivity contribution is 6.11. The molecular formula is C5H7N3O4. The van der Waals surface area contributed by atoms with Crippen molar-refractivity contribution in [3.8, 4) is 0 Å². The number of carbonyl (C=O) groups is 3. The van der Waals surface area contributed by atoms with E-state index in [-0.39, 0.29) is 6.42 Å². The Kier molecular flexibility index (Phi) is 2.07. The molecule has 1 fully saturated rings. The lowest BCUT2D eigenvalue weighted by molar-refractivity contribution is -0.149. The number of imide groups is 1. The van der Waals surface area contributed by atoms with Crippen LogP contribution in [0.1, 0.15) is 6.42 Å². The van der Waals surface area contributed by atoms with Crippen molar-refractivity contribution in [3.05, 3.63) is 0 Å². The maximum atomic E-state index is 11.0. The van der Waals surface area contributed by atoms with E-state index in [9.17, 15) is 14.4 Å². The molecule has 0 spiro atoms. The van der Waals surface area contributed by atoms with E-state index in [1.165, 1.54) is 0 Å². The van der Waals surface area contributed by atoms with Crippen LogP contribution in [-0.2, 0) is 14.4 Å². The van der Waals surface area contributed by atoms with Gasteiger partial charge in [0.1, 0.15) is 5.92 Å². The molecule has 1 unspecified atom stereocenters. The lowest BCUT2D eigenvalue weighted by Gasteiger charge is -2.09. The average molecular weight is 173 g/mol. The Balaban J connectivity index is 2.82. The topological polar surface area (TPSA) is 113 Å². The fraction of sp³-hybridized carbons (Fsp3) is 0.400. The van der Waals surface area contributed by atoms with Gasteiger partial charge in [-0.15, -0.1) is 0 Å². The maximum absolute atomic E-state index is 11.0. The summed E-state index contributed by atoms with van der Waals surface area (Å²) in [5.41, 5.74) is 1.82. The molecule has 0 aromatic carbocycles. The molecule has 12 heavy (non-hydrogen) atoms. The number of hydrogen-bond acceptors (Lipinski definition) is 5. The predicted octanol–water partition coefficient (Wildman–Crippen LogP) is -2.18. The molecule has 7 heteroatoms. The van der Waals surface area contributed by atoms with Crippen molar-refractivity contribution in [2.75, 3.05) is 0 Å². The Morgan fingerprint density at radius 3 is 2.50 bits per heavy atom. The number of nitrogens with one attached hydrogen (secondary N) is 1. The Bertz CT molecular complexity index is 251. The number of carboxylic acids is 1.